The van der Waals surface area contributed by atoms with E-state index in [2.05, 4.69) is 13.8 Å². The maximum absolute atomic E-state index is 12.2. The monoisotopic (exact) mass is 384 g/mol. The van der Waals surface area contributed by atoms with E-state index in [1.165, 1.54) is 0 Å². The normalized spacial score (nSPS) is 19.4. The molecule has 0 spiro atoms. The molecule has 1 saturated heterocycles. The van der Waals surface area contributed by atoms with Crippen LogP contribution in [-0.4, -0.2) is 27.9 Å². The van der Waals surface area contributed by atoms with E-state index >= 15 is 0 Å². The van der Waals surface area contributed by atoms with Crippen LogP contribution in [-0.2, 0) is 30.4 Å². The van der Waals surface area contributed by atoms with Crippen molar-refractivity contribution in [1.29, 1.82) is 0 Å². The molecule has 2 rings (SSSR count). The van der Waals surface area contributed by atoms with Gasteiger partial charge in [-0.25, -0.2) is 0 Å². The van der Waals surface area contributed by atoms with Crippen LogP contribution in [0.4, 0.5) is 0 Å². The molecule has 0 aromatic heterocycles. The molecule has 0 saturated carbocycles. The number of rotatable bonds is 11. The van der Waals surface area contributed by atoms with Gasteiger partial charge in [-0.05, 0) is 49.3 Å². The van der Waals surface area contributed by atoms with Gasteiger partial charge in [-0.3, -0.25) is 4.18 Å². The SMILES string of the molecule is CCC(C)CCCCOS(=O)(=O)c1ccc(COC2CCCCO2)cc1. The summed E-state index contributed by atoms with van der Waals surface area (Å²) in [6.07, 6.45) is 6.99. The van der Waals surface area contributed by atoms with Crippen LogP contribution in [0.2, 0.25) is 0 Å². The van der Waals surface area contributed by atoms with Gasteiger partial charge in [-0.1, -0.05) is 45.2 Å². The van der Waals surface area contributed by atoms with Crippen molar-refractivity contribution in [2.75, 3.05) is 13.2 Å². The zero-order valence-electron chi connectivity index (χ0n) is 16.0. The fourth-order valence-electron chi connectivity index (χ4n) is 2.82. The average Bonchev–Trinajstić information content (AvgIpc) is 2.67. The first kappa shape index (κ1) is 21.4. The van der Waals surface area contributed by atoms with Gasteiger partial charge in [0.2, 0.25) is 0 Å². The molecule has 0 N–H and O–H groups in total. The van der Waals surface area contributed by atoms with Gasteiger partial charge in [-0.15, -0.1) is 0 Å². The molecule has 6 heteroatoms. The van der Waals surface area contributed by atoms with E-state index in [1.54, 1.807) is 24.3 Å². The summed E-state index contributed by atoms with van der Waals surface area (Å²) in [5.74, 6) is 0.681. The molecule has 0 radical (unpaired) electrons. The van der Waals surface area contributed by atoms with Gasteiger partial charge in [0.1, 0.15) is 0 Å². The summed E-state index contributed by atoms with van der Waals surface area (Å²) >= 11 is 0. The van der Waals surface area contributed by atoms with E-state index in [0.29, 0.717) is 12.5 Å². The third-order valence-electron chi connectivity index (χ3n) is 4.81. The first-order valence-corrected chi connectivity index (χ1v) is 11.1. The summed E-state index contributed by atoms with van der Waals surface area (Å²) in [4.78, 5) is 0.192. The highest BCUT2D eigenvalue weighted by atomic mass is 32.2. The van der Waals surface area contributed by atoms with Crippen LogP contribution in [0.25, 0.3) is 0 Å². The summed E-state index contributed by atoms with van der Waals surface area (Å²) in [5, 5.41) is 0. The lowest BCUT2D eigenvalue weighted by atomic mass is 10.0. The van der Waals surface area contributed by atoms with Gasteiger partial charge in [0.15, 0.2) is 6.29 Å². The van der Waals surface area contributed by atoms with Crippen LogP contribution in [0.3, 0.4) is 0 Å². The van der Waals surface area contributed by atoms with E-state index in [1.807, 2.05) is 0 Å². The Kier molecular flexibility index (Phi) is 9.05. The van der Waals surface area contributed by atoms with Gasteiger partial charge in [0.05, 0.1) is 18.1 Å². The molecule has 2 unspecified atom stereocenters. The summed E-state index contributed by atoms with van der Waals surface area (Å²) in [6.45, 7) is 5.78. The average molecular weight is 385 g/mol. The number of benzene rings is 1. The second-order valence-electron chi connectivity index (χ2n) is 7.04. The predicted molar refractivity (Wildman–Crippen MR) is 101 cm³/mol. The van der Waals surface area contributed by atoms with E-state index in [4.69, 9.17) is 13.7 Å². The van der Waals surface area contributed by atoms with E-state index in [0.717, 1.165) is 57.1 Å². The highest BCUT2D eigenvalue weighted by Gasteiger charge is 2.16. The number of unbranched alkanes of at least 4 members (excludes halogenated alkanes) is 1. The summed E-state index contributed by atoms with van der Waals surface area (Å²) in [7, 11) is -3.68. The molecule has 0 amide bonds. The Bertz CT molecular complexity index is 606. The Balaban J connectivity index is 1.74. The van der Waals surface area contributed by atoms with Gasteiger partial charge < -0.3 is 9.47 Å². The molecule has 148 valence electrons. The van der Waals surface area contributed by atoms with Crippen molar-refractivity contribution < 1.29 is 22.1 Å². The van der Waals surface area contributed by atoms with E-state index in [9.17, 15) is 8.42 Å². The third kappa shape index (κ3) is 7.35. The molecule has 1 aromatic carbocycles. The smallest absolute Gasteiger partial charge is 0.296 e. The molecule has 1 fully saturated rings. The summed E-state index contributed by atoms with van der Waals surface area (Å²) in [6, 6.07) is 6.69. The molecule has 1 aliphatic heterocycles. The minimum Gasteiger partial charge on any atom is -0.353 e. The third-order valence-corrected chi connectivity index (χ3v) is 6.14. The van der Waals surface area contributed by atoms with Crippen LogP contribution >= 0.6 is 0 Å². The Morgan fingerprint density at radius 3 is 2.62 bits per heavy atom. The highest BCUT2D eigenvalue weighted by Crippen LogP contribution is 2.18. The van der Waals surface area contributed by atoms with Crippen molar-refractivity contribution in [3.05, 3.63) is 29.8 Å². The Morgan fingerprint density at radius 2 is 1.96 bits per heavy atom. The topological polar surface area (TPSA) is 61.8 Å². The number of hydrogen-bond acceptors (Lipinski definition) is 5. The zero-order chi connectivity index (χ0) is 18.8. The van der Waals surface area contributed by atoms with Gasteiger partial charge >= 0.3 is 0 Å². The maximum atomic E-state index is 12.2. The molecule has 2 atom stereocenters. The second kappa shape index (κ2) is 11.0. The van der Waals surface area contributed by atoms with Crippen LogP contribution in [0, 0.1) is 5.92 Å². The van der Waals surface area contributed by atoms with Gasteiger partial charge in [0.25, 0.3) is 10.1 Å². The van der Waals surface area contributed by atoms with Crippen molar-refractivity contribution in [2.24, 2.45) is 5.92 Å². The minimum absolute atomic E-state index is 0.147. The van der Waals surface area contributed by atoms with E-state index < -0.39 is 10.1 Å². The zero-order valence-corrected chi connectivity index (χ0v) is 16.8. The van der Waals surface area contributed by atoms with Crippen molar-refractivity contribution in [1.82, 2.24) is 0 Å². The fourth-order valence-corrected chi connectivity index (χ4v) is 3.76. The van der Waals surface area contributed by atoms with Crippen LogP contribution < -0.4 is 0 Å². The van der Waals surface area contributed by atoms with Crippen LogP contribution in [0.15, 0.2) is 29.2 Å². The molecule has 1 aromatic rings. The molecule has 0 bridgehead atoms. The van der Waals surface area contributed by atoms with Crippen molar-refractivity contribution in [3.63, 3.8) is 0 Å². The quantitative estimate of drug-likeness (QED) is 0.410. The van der Waals surface area contributed by atoms with Crippen LogP contribution in [0.5, 0.6) is 0 Å². The largest absolute Gasteiger partial charge is 0.353 e. The van der Waals surface area contributed by atoms with Crippen molar-refractivity contribution >= 4 is 10.1 Å². The molecule has 1 heterocycles. The number of ether oxygens (including phenoxy) is 2. The predicted octanol–water partition coefficient (Wildman–Crippen LogP) is 4.65. The fraction of sp³-hybridized carbons (Fsp3) is 0.700. The molecular weight excluding hydrogens is 352 g/mol. The maximum Gasteiger partial charge on any atom is 0.296 e. The number of hydrogen-bond donors (Lipinski definition) is 0. The van der Waals surface area contributed by atoms with Gasteiger partial charge in [0, 0.05) is 6.61 Å². The lowest BCUT2D eigenvalue weighted by molar-refractivity contribution is -0.168. The first-order chi connectivity index (χ1) is 12.5. The van der Waals surface area contributed by atoms with Crippen molar-refractivity contribution in [3.8, 4) is 0 Å². The lowest BCUT2D eigenvalue weighted by Gasteiger charge is -2.22. The van der Waals surface area contributed by atoms with Crippen LogP contribution in [0.1, 0.15) is 64.4 Å². The minimum atomic E-state index is -3.68. The molecule has 1 aliphatic rings. The molecule has 26 heavy (non-hydrogen) atoms. The summed E-state index contributed by atoms with van der Waals surface area (Å²) < 4.78 is 40.8. The molecule has 0 aliphatic carbocycles. The molecule has 5 nitrogen and oxygen atoms in total. The highest BCUT2D eigenvalue weighted by molar-refractivity contribution is 7.86. The lowest BCUT2D eigenvalue weighted by Crippen LogP contribution is -2.22. The standard InChI is InChI=1S/C20H32O5S/c1-3-17(2)8-4-7-15-25-26(21,22)19-12-10-18(11-13-19)16-24-20-9-5-6-14-23-20/h10-13,17,20H,3-9,14-16H2,1-2H3. The molecular formula is C20H32O5S. The van der Waals surface area contributed by atoms with Gasteiger partial charge in [-0.2, -0.15) is 8.42 Å². The first-order valence-electron chi connectivity index (χ1n) is 9.73. The Hall–Kier alpha value is -0.950. The second-order valence-corrected chi connectivity index (χ2v) is 8.65. The van der Waals surface area contributed by atoms with Crippen molar-refractivity contribution in [2.45, 2.75) is 76.6 Å². The Labute approximate surface area is 158 Å². The summed E-state index contributed by atoms with van der Waals surface area (Å²) in [5.41, 5.74) is 0.923. The Morgan fingerprint density at radius 1 is 1.19 bits per heavy atom. The van der Waals surface area contributed by atoms with E-state index in [-0.39, 0.29) is 17.8 Å².